The van der Waals surface area contributed by atoms with Crippen LogP contribution in [0.5, 0.6) is 5.75 Å². The highest BCUT2D eigenvalue weighted by Crippen LogP contribution is 2.53. The molecule has 12 heteroatoms. The van der Waals surface area contributed by atoms with E-state index in [1.807, 2.05) is 0 Å². The van der Waals surface area contributed by atoms with Crippen LogP contribution in [0.3, 0.4) is 0 Å². The molecule has 0 heterocycles. The van der Waals surface area contributed by atoms with Gasteiger partial charge in [-0.1, -0.05) is 18.2 Å². The minimum absolute atomic E-state index is 0.00157. The third kappa shape index (κ3) is 4.19. The molecule has 0 bridgehead atoms. The summed E-state index contributed by atoms with van der Waals surface area (Å²) in [5.41, 5.74) is 3.98. The number of Topliss-reactive ketones (excluding diaryl/α,β-unsaturated/α-hetero) is 2. The molecule has 1 saturated carbocycles. The summed E-state index contributed by atoms with van der Waals surface area (Å²) >= 11 is 5.56. The number of hydrogen-bond donors (Lipinski definition) is 6. The fraction of sp³-hybridized carbons (Fsp3) is 0.310. The number of halogens is 1. The van der Waals surface area contributed by atoms with Crippen molar-refractivity contribution in [2.24, 2.45) is 17.6 Å². The number of aliphatic hydroxyl groups is 3. The van der Waals surface area contributed by atoms with Crippen molar-refractivity contribution in [1.29, 1.82) is 0 Å². The molecule has 2 aromatic rings. The van der Waals surface area contributed by atoms with Crippen LogP contribution in [0.25, 0.3) is 16.9 Å². The first-order valence-electron chi connectivity index (χ1n) is 12.8. The summed E-state index contributed by atoms with van der Waals surface area (Å²) in [5, 5.41) is 47.4. The lowest BCUT2D eigenvalue weighted by atomic mass is 9.57. The Morgan fingerprint density at radius 3 is 2.34 bits per heavy atom. The normalized spacial score (nSPS) is 25.5. The van der Waals surface area contributed by atoms with E-state index in [0.717, 1.165) is 0 Å². The van der Waals surface area contributed by atoms with Crippen molar-refractivity contribution in [2.45, 2.75) is 24.5 Å². The van der Waals surface area contributed by atoms with Crippen LogP contribution >= 0.6 is 11.6 Å². The molecule has 4 unspecified atom stereocenters. The highest BCUT2D eigenvalue weighted by atomic mass is 35.5. The first kappa shape index (κ1) is 28.3. The molecule has 0 spiro atoms. The van der Waals surface area contributed by atoms with Gasteiger partial charge in [-0.25, -0.2) is 0 Å². The first-order valence-corrected chi connectivity index (χ1v) is 13.3. The smallest absolute Gasteiger partial charge is 0.255 e. The van der Waals surface area contributed by atoms with Gasteiger partial charge in [0.15, 0.2) is 11.4 Å². The summed E-state index contributed by atoms with van der Waals surface area (Å²) in [7, 11) is 3.09. The van der Waals surface area contributed by atoms with Crippen molar-refractivity contribution < 1.29 is 39.6 Å². The molecule has 1 fully saturated rings. The Labute approximate surface area is 239 Å². The molecule has 2 aromatic carbocycles. The second-order valence-corrected chi connectivity index (χ2v) is 11.0. The Kier molecular flexibility index (Phi) is 6.93. The third-order valence-corrected chi connectivity index (χ3v) is 8.45. The molecule has 5 rings (SSSR count). The molecule has 3 aliphatic carbocycles. The van der Waals surface area contributed by atoms with Crippen LogP contribution in [0.2, 0.25) is 0 Å². The van der Waals surface area contributed by atoms with E-state index in [-0.39, 0.29) is 41.5 Å². The van der Waals surface area contributed by atoms with Crippen molar-refractivity contribution in [3.63, 3.8) is 0 Å². The standard InChI is InChI=1S/C29H28ClN3O8/c1-33(2)23-17-10-13-9-16-15(12-3-5-14(6-4-12)32-19(35)11-30)7-8-18(34)21(16)24(36)20(13)26(38)29(17,41)27(39)22(25(23)37)28(31)40/h3-8,13,17,23,34,36,39,41H,9-11H2,1-2H3,(H2,31,40)(H,32,35). The number of aliphatic hydroxyl groups excluding tert-OH is 2. The monoisotopic (exact) mass is 581 g/mol. The largest absolute Gasteiger partial charge is 0.508 e. The molecule has 0 aromatic heterocycles. The number of nitrogens with zero attached hydrogens (tertiary/aromatic N) is 1. The number of nitrogens with two attached hydrogens (primary N) is 1. The fourth-order valence-corrected chi connectivity index (χ4v) is 6.51. The molecular formula is C29H28ClN3O8. The van der Waals surface area contributed by atoms with Crippen LogP contribution in [-0.2, 0) is 25.6 Å². The van der Waals surface area contributed by atoms with Crippen molar-refractivity contribution >= 4 is 46.4 Å². The van der Waals surface area contributed by atoms with E-state index in [1.54, 1.807) is 44.4 Å². The average molecular weight is 582 g/mol. The zero-order chi connectivity index (χ0) is 30.0. The quantitative estimate of drug-likeness (QED) is 0.226. The van der Waals surface area contributed by atoms with Crippen LogP contribution in [0.1, 0.15) is 17.5 Å². The van der Waals surface area contributed by atoms with Crippen molar-refractivity contribution in [1.82, 2.24) is 4.90 Å². The molecule has 2 amide bonds. The Hall–Kier alpha value is -4.19. The topological polar surface area (TPSA) is 190 Å². The predicted octanol–water partition coefficient (Wildman–Crippen LogP) is 1.81. The van der Waals surface area contributed by atoms with Gasteiger partial charge < -0.3 is 31.5 Å². The number of alkyl halides is 1. The number of amides is 2. The number of phenolic OH excluding ortho intramolecular Hbond substituents is 1. The Bertz CT molecular complexity index is 1580. The number of phenols is 1. The zero-order valence-corrected chi connectivity index (χ0v) is 22.9. The van der Waals surface area contributed by atoms with Gasteiger partial charge in [0.05, 0.1) is 11.6 Å². The fourth-order valence-electron chi connectivity index (χ4n) is 6.44. The minimum atomic E-state index is -2.69. The first-order chi connectivity index (χ1) is 19.3. The molecule has 0 saturated heterocycles. The molecule has 11 nitrogen and oxygen atoms in total. The number of rotatable bonds is 5. The average Bonchev–Trinajstić information content (AvgIpc) is 2.91. The van der Waals surface area contributed by atoms with Crippen LogP contribution < -0.4 is 11.1 Å². The van der Waals surface area contributed by atoms with Crippen molar-refractivity contribution in [2.75, 3.05) is 25.3 Å². The highest BCUT2D eigenvalue weighted by molar-refractivity contribution is 6.29. The van der Waals surface area contributed by atoms with Gasteiger partial charge in [-0.3, -0.25) is 24.1 Å². The van der Waals surface area contributed by atoms with Crippen LogP contribution in [0.4, 0.5) is 5.69 Å². The number of benzene rings is 2. The molecule has 4 atom stereocenters. The predicted molar refractivity (Wildman–Crippen MR) is 149 cm³/mol. The van der Waals surface area contributed by atoms with Gasteiger partial charge in [-0.2, -0.15) is 0 Å². The van der Waals surface area contributed by atoms with Gasteiger partial charge in [0, 0.05) is 17.2 Å². The number of anilines is 1. The summed E-state index contributed by atoms with van der Waals surface area (Å²) < 4.78 is 0. The SMILES string of the molecule is CN(C)C1C(=O)C(C(N)=O)=C(O)C2(O)C(=O)C3=C(O)c4c(O)ccc(-c5ccc(NC(=O)CCl)cc5)c4CC3CC12. The van der Waals surface area contributed by atoms with Gasteiger partial charge in [0.1, 0.15) is 28.7 Å². The maximum atomic E-state index is 13.9. The lowest BCUT2D eigenvalue weighted by molar-refractivity contribution is -0.153. The minimum Gasteiger partial charge on any atom is -0.508 e. The van der Waals surface area contributed by atoms with E-state index >= 15 is 0 Å². The number of nitrogens with one attached hydrogen (secondary N) is 1. The lowest BCUT2D eigenvalue weighted by Crippen LogP contribution is -2.65. The Morgan fingerprint density at radius 1 is 1.10 bits per heavy atom. The molecule has 41 heavy (non-hydrogen) atoms. The summed E-state index contributed by atoms with van der Waals surface area (Å²) in [4.78, 5) is 52.4. The van der Waals surface area contributed by atoms with Crippen LogP contribution in [0.15, 0.2) is 53.3 Å². The molecule has 0 aliphatic heterocycles. The summed E-state index contributed by atoms with van der Waals surface area (Å²) in [5.74, 6) is -7.59. The van der Waals surface area contributed by atoms with Crippen LogP contribution in [-0.4, -0.2) is 80.3 Å². The summed E-state index contributed by atoms with van der Waals surface area (Å²) in [6.45, 7) is 0. The van der Waals surface area contributed by atoms with Crippen LogP contribution in [0, 0.1) is 11.8 Å². The second kappa shape index (κ2) is 10.0. The summed E-state index contributed by atoms with van der Waals surface area (Å²) in [6, 6.07) is 8.71. The number of primary amides is 1. The number of hydrogen-bond acceptors (Lipinski definition) is 9. The van der Waals surface area contributed by atoms with Crippen molar-refractivity contribution in [3.8, 4) is 16.9 Å². The van der Waals surface area contributed by atoms with Gasteiger partial charge in [-0.15, -0.1) is 11.6 Å². The molecule has 0 radical (unpaired) electrons. The van der Waals surface area contributed by atoms with E-state index in [2.05, 4.69) is 5.32 Å². The number of aromatic hydroxyl groups is 1. The number of fused-ring (bicyclic) bond motifs is 3. The molecular weight excluding hydrogens is 554 g/mol. The molecule has 3 aliphatic rings. The third-order valence-electron chi connectivity index (χ3n) is 8.21. The molecule has 214 valence electrons. The van der Waals surface area contributed by atoms with Gasteiger partial charge in [0.25, 0.3) is 5.91 Å². The summed E-state index contributed by atoms with van der Waals surface area (Å²) in [6.07, 6.45) is 0.146. The van der Waals surface area contributed by atoms with E-state index in [1.165, 1.54) is 11.0 Å². The van der Waals surface area contributed by atoms with E-state index < -0.39 is 58.0 Å². The Morgan fingerprint density at radius 2 is 1.76 bits per heavy atom. The van der Waals surface area contributed by atoms with Gasteiger partial charge in [-0.05, 0) is 67.7 Å². The number of carbonyl (C=O) groups excluding carboxylic acids is 4. The van der Waals surface area contributed by atoms with E-state index in [4.69, 9.17) is 17.3 Å². The number of likely N-dealkylation sites (N-methyl/N-ethyl adjacent to an activating group) is 1. The van der Waals surface area contributed by atoms with E-state index in [9.17, 15) is 39.6 Å². The lowest BCUT2D eigenvalue weighted by Gasteiger charge is -2.50. The second-order valence-electron chi connectivity index (χ2n) is 10.7. The maximum absolute atomic E-state index is 13.9. The number of ketones is 2. The van der Waals surface area contributed by atoms with Crippen molar-refractivity contribution in [3.05, 3.63) is 64.4 Å². The van der Waals surface area contributed by atoms with Gasteiger partial charge >= 0.3 is 0 Å². The Balaban J connectivity index is 1.65. The van der Waals surface area contributed by atoms with E-state index in [0.29, 0.717) is 22.4 Å². The molecule has 7 N–H and O–H groups in total. The highest BCUT2D eigenvalue weighted by Gasteiger charge is 2.64. The maximum Gasteiger partial charge on any atom is 0.255 e. The van der Waals surface area contributed by atoms with Gasteiger partial charge in [0.2, 0.25) is 11.7 Å². The number of carbonyl (C=O) groups is 4. The zero-order valence-electron chi connectivity index (χ0n) is 22.1.